The van der Waals surface area contributed by atoms with Gasteiger partial charge in [0.05, 0.1) is 0 Å². The molecule has 0 bridgehead atoms. The Balaban J connectivity index is 2.23. The Hall–Kier alpha value is -1.36. The third kappa shape index (κ3) is 3.57. The Morgan fingerprint density at radius 3 is 3.14 bits per heavy atom. The first-order valence-electron chi connectivity index (χ1n) is 4.71. The summed E-state index contributed by atoms with van der Waals surface area (Å²) in [5.41, 5.74) is 5.44. The van der Waals surface area contributed by atoms with Crippen LogP contribution in [-0.2, 0) is 4.79 Å². The number of nitrogens with one attached hydrogen (secondary N) is 2. The van der Waals surface area contributed by atoms with Crippen LogP contribution in [0.1, 0.15) is 19.8 Å². The standard InChI is InChI=1S/C9H16N4O/c1-7(6-10)2-3-8(14)13-9-11-4-5-12-9/h4-5,7H,2-3,6,10H2,1H3,(H2,11,12,13,14). The lowest BCUT2D eigenvalue weighted by atomic mass is 10.1. The Labute approximate surface area is 83.1 Å². The fourth-order valence-corrected chi connectivity index (χ4v) is 1.02. The van der Waals surface area contributed by atoms with Gasteiger partial charge in [-0.3, -0.25) is 10.1 Å². The van der Waals surface area contributed by atoms with Gasteiger partial charge in [-0.1, -0.05) is 6.92 Å². The maximum Gasteiger partial charge on any atom is 0.226 e. The second kappa shape index (κ2) is 5.39. The molecular formula is C9H16N4O. The molecule has 0 aliphatic rings. The van der Waals surface area contributed by atoms with E-state index in [0.29, 0.717) is 24.8 Å². The smallest absolute Gasteiger partial charge is 0.226 e. The molecule has 0 aromatic carbocycles. The number of aromatic nitrogens is 2. The quantitative estimate of drug-likeness (QED) is 0.649. The normalized spacial score (nSPS) is 12.4. The largest absolute Gasteiger partial charge is 0.331 e. The van der Waals surface area contributed by atoms with Gasteiger partial charge >= 0.3 is 0 Å². The molecule has 1 aromatic rings. The van der Waals surface area contributed by atoms with Crippen molar-refractivity contribution in [3.05, 3.63) is 12.4 Å². The number of hydrogen-bond acceptors (Lipinski definition) is 3. The van der Waals surface area contributed by atoms with Crippen molar-refractivity contribution >= 4 is 11.9 Å². The van der Waals surface area contributed by atoms with Gasteiger partial charge in [0.15, 0.2) is 0 Å². The van der Waals surface area contributed by atoms with Crippen LogP contribution in [0.5, 0.6) is 0 Å². The number of H-pyrrole nitrogens is 1. The van der Waals surface area contributed by atoms with E-state index in [-0.39, 0.29) is 5.91 Å². The minimum Gasteiger partial charge on any atom is -0.331 e. The number of amides is 1. The third-order valence-electron chi connectivity index (χ3n) is 2.02. The Bertz CT molecular complexity index is 270. The number of carbonyl (C=O) groups excluding carboxylic acids is 1. The predicted octanol–water partition coefficient (Wildman–Crippen LogP) is 0.723. The van der Waals surface area contributed by atoms with Gasteiger partial charge in [0, 0.05) is 18.8 Å². The minimum absolute atomic E-state index is 0.0275. The van der Waals surface area contributed by atoms with Gasteiger partial charge in [-0.25, -0.2) is 4.98 Å². The molecule has 0 saturated carbocycles. The Morgan fingerprint density at radius 2 is 2.57 bits per heavy atom. The highest BCUT2D eigenvalue weighted by Gasteiger charge is 2.06. The second-order valence-corrected chi connectivity index (χ2v) is 3.37. The van der Waals surface area contributed by atoms with E-state index in [4.69, 9.17) is 5.73 Å². The highest BCUT2D eigenvalue weighted by Crippen LogP contribution is 2.04. The minimum atomic E-state index is -0.0275. The highest BCUT2D eigenvalue weighted by atomic mass is 16.1. The van der Waals surface area contributed by atoms with Gasteiger partial charge in [-0.2, -0.15) is 0 Å². The zero-order chi connectivity index (χ0) is 10.4. The molecule has 4 N–H and O–H groups in total. The van der Waals surface area contributed by atoms with Crippen molar-refractivity contribution in [3.63, 3.8) is 0 Å². The summed E-state index contributed by atoms with van der Waals surface area (Å²) in [6.07, 6.45) is 4.55. The summed E-state index contributed by atoms with van der Waals surface area (Å²) in [7, 11) is 0. The van der Waals surface area contributed by atoms with Crippen molar-refractivity contribution in [1.29, 1.82) is 0 Å². The molecule has 1 heterocycles. The molecule has 5 nitrogen and oxygen atoms in total. The molecule has 0 aliphatic heterocycles. The van der Waals surface area contributed by atoms with Crippen molar-refractivity contribution in [2.24, 2.45) is 11.7 Å². The summed E-state index contributed by atoms with van der Waals surface area (Å²) in [5.74, 6) is 0.855. The van der Waals surface area contributed by atoms with Crippen LogP contribution in [0.3, 0.4) is 0 Å². The van der Waals surface area contributed by atoms with Crippen LogP contribution in [0.2, 0.25) is 0 Å². The maximum absolute atomic E-state index is 11.3. The van der Waals surface area contributed by atoms with E-state index in [9.17, 15) is 4.79 Å². The van der Waals surface area contributed by atoms with Gasteiger partial charge in [-0.05, 0) is 18.9 Å². The number of aromatic amines is 1. The average Bonchev–Trinajstić information content (AvgIpc) is 2.66. The molecule has 5 heteroatoms. The number of hydrogen-bond donors (Lipinski definition) is 3. The maximum atomic E-state index is 11.3. The van der Waals surface area contributed by atoms with Gasteiger partial charge in [0.25, 0.3) is 0 Å². The lowest BCUT2D eigenvalue weighted by Gasteiger charge is -2.06. The number of nitrogens with zero attached hydrogens (tertiary/aromatic N) is 1. The summed E-state index contributed by atoms with van der Waals surface area (Å²) in [5, 5.41) is 2.65. The Kier molecular flexibility index (Phi) is 4.12. The number of carbonyl (C=O) groups is 1. The van der Waals surface area contributed by atoms with Crippen molar-refractivity contribution in [2.45, 2.75) is 19.8 Å². The molecule has 0 spiro atoms. The number of nitrogens with two attached hydrogens (primary N) is 1. The van der Waals surface area contributed by atoms with Crippen LogP contribution in [0, 0.1) is 5.92 Å². The number of imidazole rings is 1. The fourth-order valence-electron chi connectivity index (χ4n) is 1.02. The molecule has 1 amide bonds. The van der Waals surface area contributed by atoms with Gasteiger partial charge in [0.1, 0.15) is 0 Å². The third-order valence-corrected chi connectivity index (χ3v) is 2.02. The lowest BCUT2D eigenvalue weighted by molar-refractivity contribution is -0.116. The van der Waals surface area contributed by atoms with Crippen molar-refractivity contribution in [1.82, 2.24) is 9.97 Å². The molecule has 1 atom stereocenters. The summed E-state index contributed by atoms with van der Waals surface area (Å²) in [6.45, 7) is 2.65. The van der Waals surface area contributed by atoms with Crippen molar-refractivity contribution < 1.29 is 4.79 Å². The molecule has 0 fully saturated rings. The summed E-state index contributed by atoms with van der Waals surface area (Å²) >= 11 is 0. The molecule has 0 radical (unpaired) electrons. The highest BCUT2D eigenvalue weighted by molar-refractivity contribution is 5.88. The van der Waals surface area contributed by atoms with E-state index in [0.717, 1.165) is 6.42 Å². The average molecular weight is 196 g/mol. The van der Waals surface area contributed by atoms with E-state index in [1.54, 1.807) is 12.4 Å². The number of rotatable bonds is 5. The lowest BCUT2D eigenvalue weighted by Crippen LogP contribution is -2.16. The van der Waals surface area contributed by atoms with E-state index < -0.39 is 0 Å². The fraction of sp³-hybridized carbons (Fsp3) is 0.556. The molecule has 1 unspecified atom stereocenters. The van der Waals surface area contributed by atoms with E-state index in [2.05, 4.69) is 15.3 Å². The first-order valence-corrected chi connectivity index (χ1v) is 4.71. The molecule has 0 saturated heterocycles. The van der Waals surface area contributed by atoms with Gasteiger partial charge in [0.2, 0.25) is 11.9 Å². The number of anilines is 1. The molecule has 1 rings (SSSR count). The van der Waals surface area contributed by atoms with E-state index >= 15 is 0 Å². The van der Waals surface area contributed by atoms with Crippen LogP contribution in [0.4, 0.5) is 5.95 Å². The predicted molar refractivity (Wildman–Crippen MR) is 54.7 cm³/mol. The Morgan fingerprint density at radius 1 is 1.79 bits per heavy atom. The molecule has 1 aromatic heterocycles. The summed E-state index contributed by atoms with van der Waals surface area (Å²) in [4.78, 5) is 18.0. The van der Waals surface area contributed by atoms with E-state index in [1.165, 1.54) is 0 Å². The molecular weight excluding hydrogens is 180 g/mol. The van der Waals surface area contributed by atoms with Gasteiger partial charge < -0.3 is 10.7 Å². The van der Waals surface area contributed by atoms with Crippen LogP contribution < -0.4 is 11.1 Å². The van der Waals surface area contributed by atoms with Crippen LogP contribution in [0.15, 0.2) is 12.4 Å². The SMILES string of the molecule is CC(CN)CCC(=O)Nc1ncc[nH]1. The first kappa shape index (κ1) is 10.7. The van der Waals surface area contributed by atoms with Crippen molar-refractivity contribution in [3.8, 4) is 0 Å². The van der Waals surface area contributed by atoms with Crippen LogP contribution in [0.25, 0.3) is 0 Å². The summed E-state index contributed by atoms with van der Waals surface area (Å²) in [6, 6.07) is 0. The summed E-state index contributed by atoms with van der Waals surface area (Å²) < 4.78 is 0. The topological polar surface area (TPSA) is 83.8 Å². The van der Waals surface area contributed by atoms with Crippen LogP contribution >= 0.6 is 0 Å². The van der Waals surface area contributed by atoms with Gasteiger partial charge in [-0.15, -0.1) is 0 Å². The van der Waals surface area contributed by atoms with Crippen LogP contribution in [-0.4, -0.2) is 22.4 Å². The van der Waals surface area contributed by atoms with Crippen molar-refractivity contribution in [2.75, 3.05) is 11.9 Å². The zero-order valence-electron chi connectivity index (χ0n) is 8.29. The molecule has 0 aliphatic carbocycles. The zero-order valence-corrected chi connectivity index (χ0v) is 8.29. The first-order chi connectivity index (χ1) is 6.72. The second-order valence-electron chi connectivity index (χ2n) is 3.37. The van der Waals surface area contributed by atoms with E-state index in [1.807, 2.05) is 6.92 Å². The molecule has 14 heavy (non-hydrogen) atoms. The molecule has 78 valence electrons. The monoisotopic (exact) mass is 196 g/mol.